The fourth-order valence-corrected chi connectivity index (χ4v) is 2.32. The summed E-state index contributed by atoms with van der Waals surface area (Å²) >= 11 is 5.79. The molecule has 0 bridgehead atoms. The van der Waals surface area contributed by atoms with E-state index in [1.807, 2.05) is 0 Å². The van der Waals surface area contributed by atoms with Crippen LogP contribution in [0.1, 0.15) is 12.8 Å². The van der Waals surface area contributed by atoms with Crippen LogP contribution in [0, 0.1) is 17.6 Å². The first-order valence-corrected chi connectivity index (χ1v) is 6.14. The third-order valence-electron chi connectivity index (χ3n) is 2.97. The van der Waals surface area contributed by atoms with Crippen molar-refractivity contribution < 1.29 is 8.78 Å². The van der Waals surface area contributed by atoms with Crippen LogP contribution in [0.5, 0.6) is 0 Å². The van der Waals surface area contributed by atoms with Gasteiger partial charge in [0.25, 0.3) is 0 Å². The average Bonchev–Trinajstić information content (AvgIpc) is 2.29. The topological polar surface area (TPSA) is 24.1 Å². The summed E-state index contributed by atoms with van der Waals surface area (Å²) in [5.41, 5.74) is 0.193. The molecule has 17 heavy (non-hydrogen) atoms. The smallest absolute Gasteiger partial charge is 0.150 e. The van der Waals surface area contributed by atoms with E-state index in [1.54, 1.807) is 0 Å². The molecule has 1 saturated heterocycles. The summed E-state index contributed by atoms with van der Waals surface area (Å²) < 4.78 is 26.3. The van der Waals surface area contributed by atoms with Gasteiger partial charge < -0.3 is 10.6 Å². The number of anilines is 1. The lowest BCUT2D eigenvalue weighted by Crippen LogP contribution is -2.33. The van der Waals surface area contributed by atoms with Gasteiger partial charge in [-0.15, -0.1) is 0 Å². The average molecular weight is 261 g/mol. The maximum atomic E-state index is 13.5. The van der Waals surface area contributed by atoms with Crippen LogP contribution in [-0.2, 0) is 0 Å². The number of benzene rings is 1. The maximum Gasteiger partial charge on any atom is 0.150 e. The van der Waals surface area contributed by atoms with Gasteiger partial charge in [0.15, 0.2) is 5.82 Å². The van der Waals surface area contributed by atoms with Crippen molar-refractivity contribution in [3.05, 3.63) is 28.8 Å². The minimum absolute atomic E-state index is 0.0891. The van der Waals surface area contributed by atoms with E-state index < -0.39 is 11.6 Å². The first-order chi connectivity index (χ1) is 8.16. The van der Waals surface area contributed by atoms with E-state index in [2.05, 4.69) is 10.6 Å². The molecule has 1 aliphatic heterocycles. The molecule has 1 aromatic carbocycles. The monoisotopic (exact) mass is 260 g/mol. The van der Waals surface area contributed by atoms with Gasteiger partial charge in [-0.3, -0.25) is 0 Å². The Labute approximate surface area is 104 Å². The zero-order valence-corrected chi connectivity index (χ0v) is 10.2. The van der Waals surface area contributed by atoms with Crippen LogP contribution >= 0.6 is 11.6 Å². The van der Waals surface area contributed by atoms with E-state index in [1.165, 1.54) is 0 Å². The third-order valence-corrected chi connectivity index (χ3v) is 3.27. The van der Waals surface area contributed by atoms with Crippen molar-refractivity contribution in [3.8, 4) is 0 Å². The Bertz CT molecular complexity index is 369. The predicted octanol–water partition coefficient (Wildman–Crippen LogP) is 3.03. The molecule has 0 spiro atoms. The van der Waals surface area contributed by atoms with Crippen LogP contribution in [0.25, 0.3) is 0 Å². The lowest BCUT2D eigenvalue weighted by molar-refractivity contribution is 0.392. The van der Waals surface area contributed by atoms with Crippen molar-refractivity contribution in [1.29, 1.82) is 0 Å². The van der Waals surface area contributed by atoms with Crippen LogP contribution in [-0.4, -0.2) is 19.6 Å². The van der Waals surface area contributed by atoms with Crippen molar-refractivity contribution in [2.24, 2.45) is 5.92 Å². The molecular weight excluding hydrogens is 246 g/mol. The molecule has 94 valence electrons. The molecule has 1 unspecified atom stereocenters. The van der Waals surface area contributed by atoms with E-state index in [0.717, 1.165) is 38.1 Å². The minimum atomic E-state index is -0.655. The quantitative estimate of drug-likeness (QED) is 0.873. The number of rotatable bonds is 3. The summed E-state index contributed by atoms with van der Waals surface area (Å²) in [4.78, 5) is 0. The van der Waals surface area contributed by atoms with Crippen LogP contribution in [0.3, 0.4) is 0 Å². The van der Waals surface area contributed by atoms with Crippen molar-refractivity contribution in [2.45, 2.75) is 12.8 Å². The summed E-state index contributed by atoms with van der Waals surface area (Å²) in [5.74, 6) is -0.833. The molecule has 0 amide bonds. The molecule has 2 N–H and O–H groups in total. The number of hydrogen-bond acceptors (Lipinski definition) is 2. The van der Waals surface area contributed by atoms with Gasteiger partial charge in [-0.25, -0.2) is 8.78 Å². The second-order valence-electron chi connectivity index (χ2n) is 4.34. The van der Waals surface area contributed by atoms with E-state index in [-0.39, 0.29) is 10.7 Å². The van der Waals surface area contributed by atoms with E-state index in [0.29, 0.717) is 12.5 Å². The van der Waals surface area contributed by atoms with E-state index in [9.17, 15) is 8.78 Å². The Morgan fingerprint density at radius 1 is 1.41 bits per heavy atom. The molecule has 1 aliphatic rings. The fraction of sp³-hybridized carbons (Fsp3) is 0.500. The third kappa shape index (κ3) is 3.30. The number of hydrogen-bond donors (Lipinski definition) is 2. The van der Waals surface area contributed by atoms with Gasteiger partial charge in [-0.1, -0.05) is 11.6 Å². The van der Waals surface area contributed by atoms with Gasteiger partial charge in [-0.2, -0.15) is 0 Å². The van der Waals surface area contributed by atoms with E-state index in [4.69, 9.17) is 11.6 Å². The summed E-state index contributed by atoms with van der Waals surface area (Å²) in [6.45, 7) is 2.62. The summed E-state index contributed by atoms with van der Waals surface area (Å²) in [5, 5.41) is 6.34. The highest BCUT2D eigenvalue weighted by Gasteiger charge is 2.15. The molecule has 0 saturated carbocycles. The second-order valence-corrected chi connectivity index (χ2v) is 4.74. The Balaban J connectivity index is 1.98. The lowest BCUT2D eigenvalue weighted by Gasteiger charge is -2.23. The van der Waals surface area contributed by atoms with Gasteiger partial charge in [-0.05, 0) is 37.9 Å². The molecule has 0 aliphatic carbocycles. The Morgan fingerprint density at radius 3 is 2.88 bits per heavy atom. The number of nitrogens with one attached hydrogen (secondary N) is 2. The molecular formula is C12H15ClF2N2. The molecule has 5 heteroatoms. The Hall–Kier alpha value is -0.870. The number of halogens is 3. The van der Waals surface area contributed by atoms with Gasteiger partial charge in [0.1, 0.15) is 5.82 Å². The first kappa shape index (κ1) is 12.6. The summed E-state index contributed by atoms with van der Waals surface area (Å²) in [7, 11) is 0. The lowest BCUT2D eigenvalue weighted by atomic mass is 10.00. The molecule has 1 atom stereocenters. The van der Waals surface area contributed by atoms with Crippen molar-refractivity contribution >= 4 is 17.3 Å². The molecule has 2 rings (SSSR count). The van der Waals surface area contributed by atoms with Gasteiger partial charge in [0.05, 0.1) is 10.7 Å². The minimum Gasteiger partial charge on any atom is -0.381 e. The number of piperidine rings is 1. The zero-order valence-electron chi connectivity index (χ0n) is 9.40. The second kappa shape index (κ2) is 5.65. The highest BCUT2D eigenvalue weighted by atomic mass is 35.5. The van der Waals surface area contributed by atoms with Crippen LogP contribution in [0.15, 0.2) is 12.1 Å². The van der Waals surface area contributed by atoms with Crippen LogP contribution in [0.2, 0.25) is 5.02 Å². The molecule has 0 aromatic heterocycles. The molecule has 1 heterocycles. The normalized spacial score (nSPS) is 20.3. The summed E-state index contributed by atoms with van der Waals surface area (Å²) in [6.07, 6.45) is 2.24. The van der Waals surface area contributed by atoms with Gasteiger partial charge in [0.2, 0.25) is 0 Å². The Morgan fingerprint density at radius 2 is 2.24 bits per heavy atom. The van der Waals surface area contributed by atoms with E-state index >= 15 is 0 Å². The molecule has 0 radical (unpaired) electrons. The highest BCUT2D eigenvalue weighted by Crippen LogP contribution is 2.26. The highest BCUT2D eigenvalue weighted by molar-refractivity contribution is 6.33. The molecule has 1 fully saturated rings. The van der Waals surface area contributed by atoms with Crippen molar-refractivity contribution in [1.82, 2.24) is 5.32 Å². The van der Waals surface area contributed by atoms with Gasteiger partial charge >= 0.3 is 0 Å². The predicted molar refractivity (Wildman–Crippen MR) is 65.5 cm³/mol. The standard InChI is InChI=1S/C12H15ClF2N2/c13-10-4-9(14)5-11(15)12(10)17-7-8-2-1-3-16-6-8/h4-5,8,16-17H,1-3,6-7H2. The largest absolute Gasteiger partial charge is 0.381 e. The maximum absolute atomic E-state index is 13.5. The summed E-state index contributed by atoms with van der Waals surface area (Å²) in [6, 6.07) is 1.96. The van der Waals surface area contributed by atoms with Crippen LogP contribution < -0.4 is 10.6 Å². The van der Waals surface area contributed by atoms with Crippen molar-refractivity contribution in [2.75, 3.05) is 25.0 Å². The zero-order chi connectivity index (χ0) is 12.3. The molecule has 2 nitrogen and oxygen atoms in total. The first-order valence-electron chi connectivity index (χ1n) is 5.76. The van der Waals surface area contributed by atoms with Gasteiger partial charge in [0, 0.05) is 12.6 Å². The molecule has 1 aromatic rings. The fourth-order valence-electron chi connectivity index (χ4n) is 2.06. The van der Waals surface area contributed by atoms with Crippen molar-refractivity contribution in [3.63, 3.8) is 0 Å². The Kier molecular flexibility index (Phi) is 4.18. The SMILES string of the molecule is Fc1cc(F)c(NCC2CCCNC2)c(Cl)c1. The van der Waals surface area contributed by atoms with Crippen LogP contribution in [0.4, 0.5) is 14.5 Å².